The third kappa shape index (κ3) is 2.32. The van der Waals surface area contributed by atoms with E-state index in [9.17, 15) is 0 Å². The standard InChI is InChI=1S/C17H20N4/c1-17(2,3)13-9-14-16(20-21-19-14)15(12(13)10-18)11-7-5-4-6-8-11/h4-9H,10,18H2,1-3H3,(H,19,20,21). The van der Waals surface area contributed by atoms with Crippen molar-refractivity contribution in [1.82, 2.24) is 15.4 Å². The van der Waals surface area contributed by atoms with Gasteiger partial charge in [0.25, 0.3) is 0 Å². The Balaban J connectivity index is 2.43. The topological polar surface area (TPSA) is 67.6 Å². The number of nitrogens with two attached hydrogens (primary N) is 1. The third-order valence-corrected chi connectivity index (χ3v) is 3.80. The highest BCUT2D eigenvalue weighted by Gasteiger charge is 2.23. The maximum atomic E-state index is 6.09. The van der Waals surface area contributed by atoms with E-state index in [1.54, 1.807) is 0 Å². The van der Waals surface area contributed by atoms with E-state index >= 15 is 0 Å². The van der Waals surface area contributed by atoms with Crippen LogP contribution < -0.4 is 5.73 Å². The fourth-order valence-corrected chi connectivity index (χ4v) is 2.83. The summed E-state index contributed by atoms with van der Waals surface area (Å²) in [6, 6.07) is 12.4. The molecular formula is C17H20N4. The molecule has 21 heavy (non-hydrogen) atoms. The molecule has 0 atom stereocenters. The number of fused-ring (bicyclic) bond motifs is 1. The summed E-state index contributed by atoms with van der Waals surface area (Å²) in [6.45, 7) is 7.09. The quantitative estimate of drug-likeness (QED) is 0.756. The van der Waals surface area contributed by atoms with Gasteiger partial charge < -0.3 is 5.73 Å². The highest BCUT2D eigenvalue weighted by atomic mass is 15.3. The van der Waals surface area contributed by atoms with Gasteiger partial charge in [-0.05, 0) is 28.2 Å². The van der Waals surface area contributed by atoms with Gasteiger partial charge in [0.1, 0.15) is 5.52 Å². The maximum absolute atomic E-state index is 6.09. The molecule has 0 fully saturated rings. The van der Waals surface area contributed by atoms with Crippen molar-refractivity contribution in [3.63, 3.8) is 0 Å². The fourth-order valence-electron chi connectivity index (χ4n) is 2.83. The van der Waals surface area contributed by atoms with Crippen molar-refractivity contribution in [3.8, 4) is 11.1 Å². The number of hydrogen-bond donors (Lipinski definition) is 2. The van der Waals surface area contributed by atoms with E-state index in [-0.39, 0.29) is 5.41 Å². The Morgan fingerprint density at radius 2 is 1.86 bits per heavy atom. The molecule has 3 aromatic rings. The first-order valence-electron chi connectivity index (χ1n) is 7.15. The lowest BCUT2D eigenvalue weighted by molar-refractivity contribution is 0.584. The normalized spacial score (nSPS) is 12.0. The SMILES string of the molecule is CC(C)(C)c1cc2[nH]nnc2c(-c2ccccc2)c1CN. The number of H-pyrrole nitrogens is 1. The molecule has 3 N–H and O–H groups in total. The smallest absolute Gasteiger partial charge is 0.121 e. The second kappa shape index (κ2) is 4.97. The number of nitrogens with zero attached hydrogens (tertiary/aromatic N) is 2. The molecule has 0 unspecified atom stereocenters. The molecule has 0 radical (unpaired) electrons. The monoisotopic (exact) mass is 280 g/mol. The van der Waals surface area contributed by atoms with Crippen LogP contribution in [-0.2, 0) is 12.0 Å². The first-order valence-corrected chi connectivity index (χ1v) is 7.15. The van der Waals surface area contributed by atoms with Crippen LogP contribution in [-0.4, -0.2) is 15.4 Å². The van der Waals surface area contributed by atoms with Crippen LogP contribution >= 0.6 is 0 Å². The zero-order valence-corrected chi connectivity index (χ0v) is 12.6. The first kappa shape index (κ1) is 13.8. The number of rotatable bonds is 2. The van der Waals surface area contributed by atoms with Gasteiger partial charge >= 0.3 is 0 Å². The summed E-state index contributed by atoms with van der Waals surface area (Å²) in [4.78, 5) is 0. The van der Waals surface area contributed by atoms with Crippen LogP contribution in [0.3, 0.4) is 0 Å². The summed E-state index contributed by atoms with van der Waals surface area (Å²) in [5.74, 6) is 0. The van der Waals surface area contributed by atoms with Gasteiger partial charge in [-0.2, -0.15) is 0 Å². The van der Waals surface area contributed by atoms with Crippen molar-refractivity contribution >= 4 is 11.0 Å². The Kier molecular flexibility index (Phi) is 3.26. The van der Waals surface area contributed by atoms with E-state index in [1.807, 2.05) is 18.2 Å². The molecule has 0 saturated carbocycles. The van der Waals surface area contributed by atoms with E-state index in [4.69, 9.17) is 5.73 Å². The molecule has 108 valence electrons. The molecule has 1 heterocycles. The van der Waals surface area contributed by atoms with Gasteiger partial charge in [0.05, 0.1) is 5.52 Å². The van der Waals surface area contributed by atoms with Crippen LogP contribution in [0.1, 0.15) is 31.9 Å². The molecule has 4 heteroatoms. The van der Waals surface area contributed by atoms with Crippen LogP contribution in [0.4, 0.5) is 0 Å². The predicted molar refractivity (Wildman–Crippen MR) is 85.9 cm³/mol. The Morgan fingerprint density at radius 1 is 1.14 bits per heavy atom. The van der Waals surface area contributed by atoms with E-state index in [1.165, 1.54) is 5.56 Å². The van der Waals surface area contributed by atoms with E-state index in [0.29, 0.717) is 6.54 Å². The Hall–Kier alpha value is -2.20. The molecule has 0 aliphatic carbocycles. The van der Waals surface area contributed by atoms with Crippen molar-refractivity contribution in [2.45, 2.75) is 32.7 Å². The first-order chi connectivity index (χ1) is 10.0. The Bertz CT molecular complexity index is 767. The summed E-state index contributed by atoms with van der Waals surface area (Å²) in [7, 11) is 0. The molecule has 2 aromatic carbocycles. The summed E-state index contributed by atoms with van der Waals surface area (Å²) in [6.07, 6.45) is 0. The summed E-state index contributed by atoms with van der Waals surface area (Å²) in [5, 5.41) is 11.2. The lowest BCUT2D eigenvalue weighted by Crippen LogP contribution is -2.17. The maximum Gasteiger partial charge on any atom is 0.121 e. The lowest BCUT2D eigenvalue weighted by Gasteiger charge is -2.25. The van der Waals surface area contributed by atoms with Gasteiger partial charge in [-0.1, -0.05) is 56.3 Å². The number of benzene rings is 2. The molecule has 4 nitrogen and oxygen atoms in total. The minimum atomic E-state index is 0.0114. The Morgan fingerprint density at radius 3 is 2.48 bits per heavy atom. The average molecular weight is 280 g/mol. The van der Waals surface area contributed by atoms with Crippen LogP contribution in [0.25, 0.3) is 22.2 Å². The number of nitrogens with one attached hydrogen (secondary N) is 1. The number of hydrogen-bond acceptors (Lipinski definition) is 3. The second-order valence-corrected chi connectivity index (χ2v) is 6.31. The zero-order chi connectivity index (χ0) is 15.0. The molecule has 0 aliphatic heterocycles. The van der Waals surface area contributed by atoms with Crippen molar-refractivity contribution in [3.05, 3.63) is 47.5 Å². The predicted octanol–water partition coefficient (Wildman–Crippen LogP) is 3.38. The van der Waals surface area contributed by atoms with Gasteiger partial charge in [0.15, 0.2) is 0 Å². The molecule has 1 aromatic heterocycles. The van der Waals surface area contributed by atoms with Crippen molar-refractivity contribution in [2.75, 3.05) is 0 Å². The highest BCUT2D eigenvalue weighted by molar-refractivity contribution is 5.94. The summed E-state index contributed by atoms with van der Waals surface area (Å²) < 4.78 is 0. The lowest BCUT2D eigenvalue weighted by atomic mass is 9.80. The molecule has 0 bridgehead atoms. The van der Waals surface area contributed by atoms with E-state index in [2.05, 4.69) is 54.4 Å². The van der Waals surface area contributed by atoms with Crippen LogP contribution in [0.2, 0.25) is 0 Å². The van der Waals surface area contributed by atoms with Crippen molar-refractivity contribution in [2.24, 2.45) is 5.73 Å². The van der Waals surface area contributed by atoms with Crippen LogP contribution in [0, 0.1) is 0 Å². The fraction of sp³-hybridized carbons (Fsp3) is 0.294. The van der Waals surface area contributed by atoms with Crippen molar-refractivity contribution < 1.29 is 0 Å². The average Bonchev–Trinajstić information content (AvgIpc) is 2.93. The summed E-state index contributed by atoms with van der Waals surface area (Å²) in [5.41, 5.74) is 12.5. The van der Waals surface area contributed by atoms with E-state index < -0.39 is 0 Å². The van der Waals surface area contributed by atoms with Crippen molar-refractivity contribution in [1.29, 1.82) is 0 Å². The number of aromatic nitrogens is 3. The number of aromatic amines is 1. The summed E-state index contributed by atoms with van der Waals surface area (Å²) >= 11 is 0. The van der Waals surface area contributed by atoms with Gasteiger partial charge in [-0.3, -0.25) is 5.10 Å². The van der Waals surface area contributed by atoms with Gasteiger partial charge in [-0.15, -0.1) is 5.10 Å². The molecule has 0 amide bonds. The zero-order valence-electron chi connectivity index (χ0n) is 12.6. The van der Waals surface area contributed by atoms with Crippen LogP contribution in [0.5, 0.6) is 0 Å². The minimum Gasteiger partial charge on any atom is -0.326 e. The molecule has 3 rings (SSSR count). The Labute approximate surface area is 124 Å². The largest absolute Gasteiger partial charge is 0.326 e. The van der Waals surface area contributed by atoms with Crippen LogP contribution in [0.15, 0.2) is 36.4 Å². The molecule has 0 saturated heterocycles. The van der Waals surface area contributed by atoms with Gasteiger partial charge in [0.2, 0.25) is 0 Å². The van der Waals surface area contributed by atoms with Gasteiger partial charge in [-0.25, -0.2) is 0 Å². The third-order valence-electron chi connectivity index (χ3n) is 3.80. The molecular weight excluding hydrogens is 260 g/mol. The van der Waals surface area contributed by atoms with Gasteiger partial charge in [0, 0.05) is 12.1 Å². The highest BCUT2D eigenvalue weighted by Crippen LogP contribution is 2.37. The molecule has 0 spiro atoms. The van der Waals surface area contributed by atoms with E-state index in [0.717, 1.165) is 27.7 Å². The second-order valence-electron chi connectivity index (χ2n) is 6.31. The minimum absolute atomic E-state index is 0.0114. The molecule has 0 aliphatic rings.